The first kappa shape index (κ1) is 19.0. The molecule has 136 valence electrons. The van der Waals surface area contributed by atoms with E-state index in [0.717, 1.165) is 5.56 Å². The number of hydrazone groups is 1. The maximum Gasteiger partial charge on any atom is 0.272 e. The van der Waals surface area contributed by atoms with Crippen LogP contribution in [0, 0.1) is 0 Å². The van der Waals surface area contributed by atoms with Crippen molar-refractivity contribution in [2.75, 3.05) is 5.32 Å². The van der Waals surface area contributed by atoms with Crippen molar-refractivity contribution in [3.63, 3.8) is 0 Å². The van der Waals surface area contributed by atoms with Gasteiger partial charge in [0.15, 0.2) is 0 Å². The Bertz CT molecular complexity index is 983. The Hall–Kier alpha value is -2.77. The lowest BCUT2D eigenvalue weighted by atomic mass is 10.1. The third kappa shape index (κ3) is 4.90. The first-order valence-electron chi connectivity index (χ1n) is 8.09. The van der Waals surface area contributed by atoms with Crippen LogP contribution in [0.4, 0.5) is 5.69 Å². The molecule has 1 heterocycles. The molecule has 0 radical (unpaired) electrons. The molecule has 2 aromatic carbocycles. The standard InChI is InChI=1S/C20H16BrN3O2S/c1-13(23-24-19(25)16-5-2-3-6-17(16)21)14-8-10-15(11-9-14)22-20(26)18-7-4-12-27-18/h2-12H,1H3,(H,22,26)(H,24,25)/b23-13+. The van der Waals surface area contributed by atoms with Crippen molar-refractivity contribution in [1.82, 2.24) is 5.43 Å². The number of hydrogen-bond donors (Lipinski definition) is 2. The lowest BCUT2D eigenvalue weighted by Crippen LogP contribution is -2.19. The molecule has 0 fully saturated rings. The third-order valence-electron chi connectivity index (χ3n) is 3.75. The maximum atomic E-state index is 12.2. The molecule has 0 saturated carbocycles. The van der Waals surface area contributed by atoms with Gasteiger partial charge >= 0.3 is 0 Å². The Morgan fingerprint density at radius 1 is 0.963 bits per heavy atom. The summed E-state index contributed by atoms with van der Waals surface area (Å²) in [6.45, 7) is 1.81. The zero-order valence-electron chi connectivity index (χ0n) is 14.4. The first-order valence-corrected chi connectivity index (χ1v) is 9.76. The quantitative estimate of drug-likeness (QED) is 0.435. The molecule has 2 N–H and O–H groups in total. The number of carbonyl (C=O) groups is 2. The molecule has 1 aromatic heterocycles. The molecule has 0 unspecified atom stereocenters. The maximum absolute atomic E-state index is 12.2. The number of rotatable bonds is 5. The minimum absolute atomic E-state index is 0.135. The molecular formula is C20H16BrN3O2S. The molecule has 0 spiro atoms. The molecule has 0 aliphatic heterocycles. The van der Waals surface area contributed by atoms with Crippen molar-refractivity contribution in [2.45, 2.75) is 6.92 Å². The van der Waals surface area contributed by atoms with Crippen molar-refractivity contribution in [3.05, 3.63) is 86.5 Å². The summed E-state index contributed by atoms with van der Waals surface area (Å²) in [6, 6.07) is 18.0. The van der Waals surface area contributed by atoms with E-state index in [1.807, 2.05) is 29.6 Å². The van der Waals surface area contributed by atoms with Crippen molar-refractivity contribution < 1.29 is 9.59 Å². The van der Waals surface area contributed by atoms with Gasteiger partial charge in [0, 0.05) is 10.2 Å². The van der Waals surface area contributed by atoms with Gasteiger partial charge in [-0.2, -0.15) is 5.10 Å². The van der Waals surface area contributed by atoms with Crippen molar-refractivity contribution in [2.24, 2.45) is 5.10 Å². The van der Waals surface area contributed by atoms with Gasteiger partial charge in [-0.15, -0.1) is 11.3 Å². The molecule has 0 aliphatic carbocycles. The summed E-state index contributed by atoms with van der Waals surface area (Å²) in [4.78, 5) is 24.9. The summed E-state index contributed by atoms with van der Waals surface area (Å²) in [5, 5.41) is 8.86. The van der Waals surface area contributed by atoms with Gasteiger partial charge in [0.2, 0.25) is 0 Å². The highest BCUT2D eigenvalue weighted by atomic mass is 79.9. The Labute approximate surface area is 169 Å². The first-order chi connectivity index (χ1) is 13.0. The lowest BCUT2D eigenvalue weighted by Gasteiger charge is -2.07. The molecule has 2 amide bonds. The second-order valence-electron chi connectivity index (χ2n) is 5.63. The molecule has 3 rings (SSSR count). The average molecular weight is 442 g/mol. The zero-order chi connectivity index (χ0) is 19.2. The second kappa shape index (κ2) is 8.75. The van der Waals surface area contributed by atoms with Gasteiger partial charge in [-0.05, 0) is 64.1 Å². The van der Waals surface area contributed by atoms with Crippen LogP contribution >= 0.6 is 27.3 Å². The van der Waals surface area contributed by atoms with E-state index in [0.29, 0.717) is 26.3 Å². The average Bonchev–Trinajstić information content (AvgIpc) is 3.22. The Morgan fingerprint density at radius 2 is 1.70 bits per heavy atom. The van der Waals surface area contributed by atoms with E-state index in [9.17, 15) is 9.59 Å². The van der Waals surface area contributed by atoms with E-state index in [2.05, 4.69) is 31.8 Å². The van der Waals surface area contributed by atoms with Gasteiger partial charge in [-0.25, -0.2) is 5.43 Å². The van der Waals surface area contributed by atoms with Crippen molar-refractivity contribution in [3.8, 4) is 0 Å². The van der Waals surface area contributed by atoms with Crippen molar-refractivity contribution in [1.29, 1.82) is 0 Å². The van der Waals surface area contributed by atoms with Gasteiger partial charge < -0.3 is 5.32 Å². The smallest absolute Gasteiger partial charge is 0.272 e. The molecule has 5 nitrogen and oxygen atoms in total. The number of thiophene rings is 1. The number of carbonyl (C=O) groups excluding carboxylic acids is 2. The van der Waals surface area contributed by atoms with Crippen LogP contribution in [0.3, 0.4) is 0 Å². The molecule has 0 aliphatic rings. The minimum Gasteiger partial charge on any atom is -0.321 e. The van der Waals surface area contributed by atoms with Crippen LogP contribution in [0.1, 0.15) is 32.5 Å². The fraction of sp³-hybridized carbons (Fsp3) is 0.0500. The minimum atomic E-state index is -0.290. The highest BCUT2D eigenvalue weighted by Crippen LogP contribution is 2.16. The van der Waals surface area contributed by atoms with Crippen LogP contribution in [0.25, 0.3) is 0 Å². The largest absolute Gasteiger partial charge is 0.321 e. The van der Waals surface area contributed by atoms with Gasteiger partial charge in [0.25, 0.3) is 11.8 Å². The SMILES string of the molecule is C/C(=N\NC(=O)c1ccccc1Br)c1ccc(NC(=O)c2cccs2)cc1. The Balaban J connectivity index is 1.64. The van der Waals surface area contributed by atoms with Crippen molar-refractivity contribution >= 4 is 50.5 Å². The number of hydrogen-bond acceptors (Lipinski definition) is 4. The molecule has 7 heteroatoms. The lowest BCUT2D eigenvalue weighted by molar-refractivity contribution is 0.0953. The predicted octanol–water partition coefficient (Wildman–Crippen LogP) is 4.92. The second-order valence-corrected chi connectivity index (χ2v) is 7.43. The third-order valence-corrected chi connectivity index (χ3v) is 5.31. The van der Waals surface area contributed by atoms with Crippen LogP contribution in [0.5, 0.6) is 0 Å². The monoisotopic (exact) mass is 441 g/mol. The van der Waals surface area contributed by atoms with Crippen LogP contribution in [0.15, 0.2) is 75.6 Å². The highest BCUT2D eigenvalue weighted by Gasteiger charge is 2.09. The number of nitrogens with zero attached hydrogens (tertiary/aromatic N) is 1. The van der Waals surface area contributed by atoms with Gasteiger partial charge in [0.1, 0.15) is 0 Å². The number of benzene rings is 2. The van der Waals surface area contributed by atoms with E-state index in [1.165, 1.54) is 11.3 Å². The number of anilines is 1. The summed E-state index contributed by atoms with van der Waals surface area (Å²) in [7, 11) is 0. The summed E-state index contributed by atoms with van der Waals surface area (Å²) in [5.74, 6) is -0.425. The van der Waals surface area contributed by atoms with Gasteiger partial charge in [0.05, 0.1) is 16.2 Å². The zero-order valence-corrected chi connectivity index (χ0v) is 16.8. The van der Waals surface area contributed by atoms with E-state index in [1.54, 1.807) is 43.3 Å². The summed E-state index contributed by atoms with van der Waals surface area (Å²) in [5.41, 5.74) is 5.27. The number of halogens is 1. The van der Waals surface area contributed by atoms with E-state index in [-0.39, 0.29) is 11.8 Å². The highest BCUT2D eigenvalue weighted by molar-refractivity contribution is 9.10. The van der Waals surface area contributed by atoms with Gasteiger partial charge in [-0.3, -0.25) is 9.59 Å². The summed E-state index contributed by atoms with van der Waals surface area (Å²) >= 11 is 4.74. The molecule has 0 bridgehead atoms. The van der Waals surface area contributed by atoms with Gasteiger partial charge in [-0.1, -0.05) is 30.3 Å². The Kier molecular flexibility index (Phi) is 6.16. The molecular weight excluding hydrogens is 426 g/mol. The van der Waals surface area contributed by atoms with E-state index < -0.39 is 0 Å². The number of amides is 2. The van der Waals surface area contributed by atoms with Crippen LogP contribution in [0.2, 0.25) is 0 Å². The molecule has 3 aromatic rings. The Morgan fingerprint density at radius 3 is 2.37 bits per heavy atom. The fourth-order valence-corrected chi connectivity index (χ4v) is 3.38. The predicted molar refractivity (Wildman–Crippen MR) is 113 cm³/mol. The fourth-order valence-electron chi connectivity index (χ4n) is 2.30. The summed E-state index contributed by atoms with van der Waals surface area (Å²) in [6.07, 6.45) is 0. The van der Waals surface area contributed by atoms with Crippen LogP contribution in [-0.2, 0) is 0 Å². The van der Waals surface area contributed by atoms with E-state index in [4.69, 9.17) is 0 Å². The molecule has 0 saturated heterocycles. The van der Waals surface area contributed by atoms with Crippen LogP contribution in [-0.4, -0.2) is 17.5 Å². The molecule has 0 atom stereocenters. The normalized spacial score (nSPS) is 11.1. The number of nitrogens with one attached hydrogen (secondary N) is 2. The summed E-state index contributed by atoms with van der Waals surface area (Å²) < 4.78 is 0.709. The topological polar surface area (TPSA) is 70.6 Å². The van der Waals surface area contributed by atoms with E-state index >= 15 is 0 Å². The molecule has 27 heavy (non-hydrogen) atoms. The van der Waals surface area contributed by atoms with Crippen LogP contribution < -0.4 is 10.7 Å².